The number of amides is 1. The van der Waals surface area contributed by atoms with E-state index in [9.17, 15) is 4.79 Å². The highest BCUT2D eigenvalue weighted by Gasteiger charge is 2.11. The fourth-order valence-electron chi connectivity index (χ4n) is 3.18. The van der Waals surface area contributed by atoms with Gasteiger partial charge >= 0.3 is 0 Å². The lowest BCUT2D eigenvalue weighted by Crippen LogP contribution is -2.07. The minimum Gasteiger partial charge on any atom is -0.495 e. The minimum atomic E-state index is -0.320. The zero-order chi connectivity index (χ0) is 22.0. The zero-order valence-electron chi connectivity index (χ0n) is 16.8. The molecule has 1 heterocycles. The number of nitrogens with one attached hydrogen (secondary N) is 1. The first-order valence-electron chi connectivity index (χ1n) is 9.42. The van der Waals surface area contributed by atoms with Crippen LogP contribution in [-0.4, -0.2) is 18.0 Å². The molecule has 5 nitrogen and oxygen atoms in total. The van der Waals surface area contributed by atoms with Crippen LogP contribution in [0.25, 0.3) is 28.6 Å². The van der Waals surface area contributed by atoms with Crippen molar-refractivity contribution in [2.45, 2.75) is 6.92 Å². The lowest BCUT2D eigenvalue weighted by atomic mass is 10.1. The molecule has 0 aliphatic heterocycles. The van der Waals surface area contributed by atoms with Crippen molar-refractivity contribution in [3.8, 4) is 17.2 Å². The van der Waals surface area contributed by atoms with E-state index in [1.165, 1.54) is 13.2 Å². The monoisotopic (exact) mass is 452 g/mol. The molecule has 0 unspecified atom stereocenters. The number of anilines is 1. The summed E-state index contributed by atoms with van der Waals surface area (Å²) in [5, 5.41) is 3.64. The Kier molecular flexibility index (Phi) is 5.98. The predicted molar refractivity (Wildman–Crippen MR) is 125 cm³/mol. The summed E-state index contributed by atoms with van der Waals surface area (Å²) in [6.45, 7) is 2.01. The molecule has 4 rings (SSSR count). The first-order chi connectivity index (χ1) is 14.9. The number of methoxy groups -OCH3 is 1. The number of fused-ring (bicyclic) bond motifs is 1. The second-order valence-electron chi connectivity index (χ2n) is 6.90. The van der Waals surface area contributed by atoms with Crippen LogP contribution in [0.3, 0.4) is 0 Å². The summed E-state index contributed by atoms with van der Waals surface area (Å²) in [5.41, 5.74) is 4.52. The van der Waals surface area contributed by atoms with Crippen molar-refractivity contribution in [1.82, 2.24) is 4.98 Å². The number of aromatic nitrogens is 1. The molecule has 156 valence electrons. The van der Waals surface area contributed by atoms with Gasteiger partial charge in [-0.1, -0.05) is 40.9 Å². The highest BCUT2D eigenvalue weighted by Crippen LogP contribution is 2.33. The Bertz CT molecular complexity index is 1310. The average molecular weight is 453 g/mol. The van der Waals surface area contributed by atoms with Crippen molar-refractivity contribution in [3.63, 3.8) is 0 Å². The van der Waals surface area contributed by atoms with Gasteiger partial charge in [-0.3, -0.25) is 4.79 Å². The van der Waals surface area contributed by atoms with Gasteiger partial charge in [0, 0.05) is 27.9 Å². The summed E-state index contributed by atoms with van der Waals surface area (Å²) >= 11 is 12.2. The fourth-order valence-corrected chi connectivity index (χ4v) is 3.76. The predicted octanol–water partition coefficient (Wildman–Crippen LogP) is 6.77. The van der Waals surface area contributed by atoms with Crippen molar-refractivity contribution in [1.29, 1.82) is 0 Å². The molecule has 0 spiro atoms. The highest BCUT2D eigenvalue weighted by molar-refractivity contribution is 6.36. The Morgan fingerprint density at radius 2 is 1.97 bits per heavy atom. The standard InChI is InChI=1S/C24H18Cl2N2O3/c1-14-4-3-5-16(10-14)24-28-20-13-18(7-8-21(20)31-24)27-22(29)9-6-15-11-17(25)12-19(26)23(15)30-2/h3-13H,1-2H3,(H,27,29). The normalized spacial score (nSPS) is 11.2. The number of ether oxygens (including phenoxy) is 1. The van der Waals surface area contributed by atoms with Gasteiger partial charge in [-0.15, -0.1) is 0 Å². The molecule has 7 heteroatoms. The van der Waals surface area contributed by atoms with E-state index in [4.69, 9.17) is 32.4 Å². The first-order valence-corrected chi connectivity index (χ1v) is 10.2. The molecule has 31 heavy (non-hydrogen) atoms. The maximum absolute atomic E-state index is 12.4. The third-order valence-corrected chi connectivity index (χ3v) is 5.07. The van der Waals surface area contributed by atoms with Crippen LogP contribution in [0.4, 0.5) is 5.69 Å². The number of aryl methyl sites for hydroxylation is 1. The number of hydrogen-bond donors (Lipinski definition) is 1. The van der Waals surface area contributed by atoms with Gasteiger partial charge < -0.3 is 14.5 Å². The Hall–Kier alpha value is -3.28. The summed E-state index contributed by atoms with van der Waals surface area (Å²) in [5.74, 6) is 0.662. The smallest absolute Gasteiger partial charge is 0.248 e. The number of carbonyl (C=O) groups is 1. The van der Waals surface area contributed by atoms with Crippen LogP contribution in [0, 0.1) is 6.92 Å². The molecule has 0 radical (unpaired) electrons. The highest BCUT2D eigenvalue weighted by atomic mass is 35.5. The second kappa shape index (κ2) is 8.84. The SMILES string of the molecule is COc1c(Cl)cc(Cl)cc1C=CC(=O)Nc1ccc2oc(-c3cccc(C)c3)nc2c1. The Morgan fingerprint density at radius 3 is 2.74 bits per heavy atom. The molecule has 0 bridgehead atoms. The summed E-state index contributed by atoms with van der Waals surface area (Å²) < 4.78 is 11.1. The number of carbonyl (C=O) groups excluding carboxylic acids is 1. The van der Waals surface area contributed by atoms with Crippen molar-refractivity contribution in [3.05, 3.63) is 81.8 Å². The molecule has 0 aliphatic rings. The number of oxazole rings is 1. The molecule has 0 fully saturated rings. The summed E-state index contributed by atoms with van der Waals surface area (Å²) in [6.07, 6.45) is 2.98. The topological polar surface area (TPSA) is 64.4 Å². The molecule has 0 aliphatic carbocycles. The second-order valence-corrected chi connectivity index (χ2v) is 7.75. The number of halogens is 2. The molecule has 0 atom stereocenters. The third-order valence-electron chi connectivity index (χ3n) is 4.58. The zero-order valence-corrected chi connectivity index (χ0v) is 18.3. The molecule has 0 saturated heterocycles. The number of benzene rings is 3. The lowest BCUT2D eigenvalue weighted by Gasteiger charge is -2.08. The maximum atomic E-state index is 12.4. The molecule has 1 N–H and O–H groups in total. The van der Waals surface area contributed by atoms with Crippen molar-refractivity contribution >= 4 is 52.0 Å². The Balaban J connectivity index is 1.53. The van der Waals surface area contributed by atoms with E-state index >= 15 is 0 Å². The number of rotatable bonds is 5. The maximum Gasteiger partial charge on any atom is 0.248 e. The summed E-state index contributed by atoms with van der Waals surface area (Å²) in [7, 11) is 1.50. The largest absolute Gasteiger partial charge is 0.495 e. The van der Waals surface area contributed by atoms with Crippen molar-refractivity contribution in [2.75, 3.05) is 12.4 Å². The van der Waals surface area contributed by atoms with E-state index in [-0.39, 0.29) is 5.91 Å². The Morgan fingerprint density at radius 1 is 1.13 bits per heavy atom. The quantitative estimate of drug-likeness (QED) is 0.339. The van der Waals surface area contributed by atoms with Gasteiger partial charge in [0.2, 0.25) is 11.8 Å². The molecular weight excluding hydrogens is 435 g/mol. The van der Waals surface area contributed by atoms with Crippen LogP contribution in [0.5, 0.6) is 5.75 Å². The van der Waals surface area contributed by atoms with Crippen LogP contribution in [0.2, 0.25) is 10.0 Å². The van der Waals surface area contributed by atoms with Gasteiger partial charge in [0.05, 0.1) is 12.1 Å². The van der Waals surface area contributed by atoms with Crippen molar-refractivity contribution < 1.29 is 13.9 Å². The van der Waals surface area contributed by atoms with Gasteiger partial charge in [0.15, 0.2) is 5.58 Å². The van der Waals surface area contributed by atoms with Gasteiger partial charge in [-0.25, -0.2) is 4.98 Å². The number of hydrogen-bond acceptors (Lipinski definition) is 4. The number of nitrogens with zero attached hydrogens (tertiary/aromatic N) is 1. The van der Waals surface area contributed by atoms with Gasteiger partial charge in [-0.05, 0) is 55.5 Å². The molecule has 1 amide bonds. The van der Waals surface area contributed by atoms with Crippen LogP contribution in [0.1, 0.15) is 11.1 Å². The first kappa shape index (κ1) is 21.0. The van der Waals surface area contributed by atoms with Crippen LogP contribution in [-0.2, 0) is 4.79 Å². The van der Waals surface area contributed by atoms with Crippen LogP contribution in [0.15, 0.2) is 65.1 Å². The molecular formula is C24H18Cl2N2O3. The molecule has 4 aromatic rings. The van der Waals surface area contributed by atoms with Crippen LogP contribution < -0.4 is 10.1 Å². The average Bonchev–Trinajstić information content (AvgIpc) is 3.15. The van der Waals surface area contributed by atoms with E-state index in [2.05, 4.69) is 10.3 Å². The summed E-state index contributed by atoms with van der Waals surface area (Å²) in [6, 6.07) is 16.5. The lowest BCUT2D eigenvalue weighted by molar-refractivity contribution is -0.111. The minimum absolute atomic E-state index is 0.320. The van der Waals surface area contributed by atoms with E-state index in [0.29, 0.717) is 44.0 Å². The van der Waals surface area contributed by atoms with E-state index in [1.807, 2.05) is 31.2 Å². The summed E-state index contributed by atoms with van der Waals surface area (Å²) in [4.78, 5) is 17.0. The van der Waals surface area contributed by atoms with Crippen LogP contribution >= 0.6 is 23.2 Å². The van der Waals surface area contributed by atoms with Gasteiger partial charge in [0.1, 0.15) is 11.3 Å². The van der Waals surface area contributed by atoms with E-state index < -0.39 is 0 Å². The molecule has 3 aromatic carbocycles. The van der Waals surface area contributed by atoms with Crippen molar-refractivity contribution in [2.24, 2.45) is 0 Å². The van der Waals surface area contributed by atoms with Gasteiger partial charge in [0.25, 0.3) is 0 Å². The molecule has 1 aromatic heterocycles. The van der Waals surface area contributed by atoms with Gasteiger partial charge in [-0.2, -0.15) is 0 Å². The fraction of sp³-hybridized carbons (Fsp3) is 0.0833. The van der Waals surface area contributed by atoms with E-state index in [0.717, 1.165) is 11.1 Å². The Labute approximate surface area is 189 Å². The molecule has 0 saturated carbocycles. The third kappa shape index (κ3) is 4.74. The van der Waals surface area contributed by atoms with E-state index in [1.54, 1.807) is 36.4 Å².